The number of carbonyl (C=O) groups is 3. The predicted octanol–water partition coefficient (Wildman–Crippen LogP) is 21.0. The van der Waals surface area contributed by atoms with Crippen molar-refractivity contribution in [3.63, 3.8) is 0 Å². The summed E-state index contributed by atoms with van der Waals surface area (Å²) >= 11 is 0. The summed E-state index contributed by atoms with van der Waals surface area (Å²) in [6.45, 7) is 6.40. The van der Waals surface area contributed by atoms with Crippen molar-refractivity contribution >= 4 is 17.9 Å². The van der Waals surface area contributed by atoms with Crippen LogP contribution in [0.4, 0.5) is 0 Å². The molecule has 0 saturated carbocycles. The first-order valence-electron chi connectivity index (χ1n) is 30.9. The summed E-state index contributed by atoms with van der Waals surface area (Å²) in [6, 6.07) is 0. The molecule has 1 atom stereocenters. The number of ether oxygens (including phenoxy) is 3. The van der Waals surface area contributed by atoms with Gasteiger partial charge in [0.1, 0.15) is 13.2 Å². The highest BCUT2D eigenvalue weighted by Gasteiger charge is 2.19. The van der Waals surface area contributed by atoms with Crippen molar-refractivity contribution in [3.8, 4) is 0 Å². The number of allylic oxidation sites excluding steroid dienone is 18. The van der Waals surface area contributed by atoms with Gasteiger partial charge in [-0.15, -0.1) is 0 Å². The Balaban J connectivity index is 4.42. The molecular formula is C68H114O6. The van der Waals surface area contributed by atoms with Gasteiger partial charge < -0.3 is 14.2 Å². The zero-order chi connectivity index (χ0) is 53.6. The third-order valence-electron chi connectivity index (χ3n) is 13.0. The molecule has 0 aromatic carbocycles. The summed E-state index contributed by atoms with van der Waals surface area (Å²) in [5.41, 5.74) is 0. The van der Waals surface area contributed by atoms with Crippen LogP contribution in [-0.2, 0) is 28.6 Å². The van der Waals surface area contributed by atoms with Gasteiger partial charge in [0.25, 0.3) is 0 Å². The van der Waals surface area contributed by atoms with E-state index in [4.69, 9.17) is 14.2 Å². The average Bonchev–Trinajstić information content (AvgIpc) is 3.40. The Morgan fingerprint density at radius 3 is 0.838 bits per heavy atom. The van der Waals surface area contributed by atoms with Gasteiger partial charge in [0.2, 0.25) is 0 Å². The second kappa shape index (κ2) is 61.6. The van der Waals surface area contributed by atoms with Crippen LogP contribution in [-0.4, -0.2) is 37.2 Å². The van der Waals surface area contributed by atoms with Crippen molar-refractivity contribution in [2.24, 2.45) is 0 Å². The zero-order valence-electron chi connectivity index (χ0n) is 48.3. The van der Waals surface area contributed by atoms with Crippen LogP contribution >= 0.6 is 0 Å². The molecule has 0 fully saturated rings. The zero-order valence-corrected chi connectivity index (χ0v) is 48.3. The van der Waals surface area contributed by atoms with E-state index in [1.54, 1.807) is 0 Å². The molecule has 0 amide bonds. The first-order valence-corrected chi connectivity index (χ1v) is 30.9. The molecule has 0 radical (unpaired) electrons. The lowest BCUT2D eigenvalue weighted by atomic mass is 10.1. The molecule has 0 aromatic rings. The van der Waals surface area contributed by atoms with E-state index in [1.807, 2.05) is 0 Å². The van der Waals surface area contributed by atoms with E-state index in [0.29, 0.717) is 19.3 Å². The molecule has 422 valence electrons. The molecule has 0 rings (SSSR count). The molecule has 0 heterocycles. The Bertz CT molecular complexity index is 1510. The van der Waals surface area contributed by atoms with E-state index in [2.05, 4.69) is 130 Å². The lowest BCUT2D eigenvalue weighted by Gasteiger charge is -2.18. The van der Waals surface area contributed by atoms with Gasteiger partial charge in [0, 0.05) is 19.3 Å². The van der Waals surface area contributed by atoms with Crippen LogP contribution in [0.25, 0.3) is 0 Å². The molecular weight excluding hydrogens is 913 g/mol. The highest BCUT2D eigenvalue weighted by Crippen LogP contribution is 2.15. The van der Waals surface area contributed by atoms with Crippen LogP contribution in [0.5, 0.6) is 0 Å². The highest BCUT2D eigenvalue weighted by molar-refractivity contribution is 5.71. The Kier molecular flexibility index (Phi) is 58.3. The molecule has 0 aliphatic heterocycles. The van der Waals surface area contributed by atoms with Gasteiger partial charge in [-0.05, 0) is 122 Å². The molecule has 1 unspecified atom stereocenters. The fourth-order valence-electron chi connectivity index (χ4n) is 8.42. The van der Waals surface area contributed by atoms with Crippen LogP contribution in [0.3, 0.4) is 0 Å². The minimum absolute atomic E-state index is 0.0906. The van der Waals surface area contributed by atoms with Crippen LogP contribution in [0.1, 0.15) is 284 Å². The average molecular weight is 1030 g/mol. The van der Waals surface area contributed by atoms with Crippen molar-refractivity contribution in [1.29, 1.82) is 0 Å². The van der Waals surface area contributed by atoms with Gasteiger partial charge in [-0.3, -0.25) is 14.4 Å². The molecule has 6 nitrogen and oxygen atoms in total. The third kappa shape index (κ3) is 59.0. The van der Waals surface area contributed by atoms with Gasteiger partial charge >= 0.3 is 17.9 Å². The summed E-state index contributed by atoms with van der Waals surface area (Å²) in [4.78, 5) is 38.3. The van der Waals surface area contributed by atoms with Gasteiger partial charge in [-0.2, -0.15) is 0 Å². The quantitative estimate of drug-likeness (QED) is 0.0261. The van der Waals surface area contributed by atoms with Crippen LogP contribution in [0, 0.1) is 0 Å². The number of carbonyl (C=O) groups excluding carboxylic acids is 3. The van der Waals surface area contributed by atoms with E-state index >= 15 is 0 Å². The monoisotopic (exact) mass is 1030 g/mol. The minimum Gasteiger partial charge on any atom is -0.462 e. The van der Waals surface area contributed by atoms with Crippen molar-refractivity contribution < 1.29 is 28.6 Å². The maximum absolute atomic E-state index is 12.9. The summed E-state index contributed by atoms with van der Waals surface area (Å²) in [5.74, 6) is -0.914. The Morgan fingerprint density at radius 1 is 0.284 bits per heavy atom. The van der Waals surface area contributed by atoms with Gasteiger partial charge in [-0.1, -0.05) is 252 Å². The van der Waals surface area contributed by atoms with E-state index in [0.717, 1.165) is 128 Å². The Labute approximate surface area is 457 Å². The van der Waals surface area contributed by atoms with Crippen LogP contribution < -0.4 is 0 Å². The standard InChI is InChI=1S/C68H114O6/c1-4-7-10-13-16-19-22-25-28-31-32-33-34-35-36-38-40-43-46-49-52-55-58-61-67(70)73-64-65(63-72-66(69)60-57-54-51-48-45-42-39-30-27-24-21-18-15-12-9-6-3)74-68(71)62-59-56-53-50-47-44-41-37-29-26-23-20-17-14-11-8-5-2/h7-8,10-11,16-17,19-20,25-26,28-30,32-33,35-36,39,65H,4-6,9,12-15,18,21-24,27,31,34,37-38,40-64H2,1-3H3/b10-7-,11-8-,19-16-,20-17-,28-25-,29-26-,33-32-,36-35-,39-30-. The van der Waals surface area contributed by atoms with E-state index in [-0.39, 0.29) is 31.1 Å². The maximum Gasteiger partial charge on any atom is 0.306 e. The molecule has 0 N–H and O–H groups in total. The molecule has 0 aromatic heterocycles. The molecule has 0 saturated heterocycles. The number of hydrogen-bond donors (Lipinski definition) is 0. The number of rotatable bonds is 55. The van der Waals surface area contributed by atoms with Crippen molar-refractivity contribution in [2.45, 2.75) is 290 Å². The predicted molar refractivity (Wildman–Crippen MR) is 320 cm³/mol. The summed E-state index contributed by atoms with van der Waals surface area (Å²) in [7, 11) is 0. The maximum atomic E-state index is 12.9. The first kappa shape index (κ1) is 70.1. The van der Waals surface area contributed by atoms with Crippen molar-refractivity contribution in [1.82, 2.24) is 0 Å². The van der Waals surface area contributed by atoms with Gasteiger partial charge in [0.05, 0.1) is 0 Å². The summed E-state index contributed by atoms with van der Waals surface area (Å²) < 4.78 is 16.9. The van der Waals surface area contributed by atoms with E-state index < -0.39 is 6.10 Å². The number of unbranched alkanes of at least 4 members (excludes halogenated alkanes) is 26. The number of esters is 3. The van der Waals surface area contributed by atoms with Crippen LogP contribution in [0.2, 0.25) is 0 Å². The second-order valence-electron chi connectivity index (χ2n) is 20.2. The highest BCUT2D eigenvalue weighted by atomic mass is 16.6. The van der Waals surface area contributed by atoms with Crippen molar-refractivity contribution in [2.75, 3.05) is 13.2 Å². The second-order valence-corrected chi connectivity index (χ2v) is 20.2. The molecule has 74 heavy (non-hydrogen) atoms. The minimum atomic E-state index is -0.795. The van der Waals surface area contributed by atoms with Gasteiger partial charge in [0.15, 0.2) is 6.10 Å². The SMILES string of the molecule is CC/C=C\C/C=C\C/C=C\C/C=C\C/C=C\CCCCCCCCCC(=O)OCC(COC(=O)CCCCCCC/C=C\CCCCCCCCC)OC(=O)CCCCCCCCC/C=C\C/C=C\C/C=C\CC. The van der Waals surface area contributed by atoms with Crippen LogP contribution in [0.15, 0.2) is 109 Å². The molecule has 6 heteroatoms. The topological polar surface area (TPSA) is 78.9 Å². The lowest BCUT2D eigenvalue weighted by molar-refractivity contribution is -0.167. The van der Waals surface area contributed by atoms with Gasteiger partial charge in [-0.25, -0.2) is 0 Å². The smallest absolute Gasteiger partial charge is 0.306 e. The molecule has 0 aliphatic rings. The van der Waals surface area contributed by atoms with E-state index in [9.17, 15) is 14.4 Å². The molecule has 0 bridgehead atoms. The Hall–Kier alpha value is -3.93. The van der Waals surface area contributed by atoms with E-state index in [1.165, 1.54) is 116 Å². The first-order chi connectivity index (χ1) is 36.5. The normalized spacial score (nSPS) is 12.9. The Morgan fingerprint density at radius 2 is 0.527 bits per heavy atom. The number of hydrogen-bond acceptors (Lipinski definition) is 6. The fraction of sp³-hybridized carbons (Fsp3) is 0.691. The fourth-order valence-corrected chi connectivity index (χ4v) is 8.42. The largest absolute Gasteiger partial charge is 0.462 e. The summed E-state index contributed by atoms with van der Waals surface area (Å²) in [6.07, 6.45) is 83.6. The molecule has 0 spiro atoms. The molecule has 0 aliphatic carbocycles. The lowest BCUT2D eigenvalue weighted by Crippen LogP contribution is -2.30. The van der Waals surface area contributed by atoms with Crippen molar-refractivity contribution in [3.05, 3.63) is 109 Å². The third-order valence-corrected chi connectivity index (χ3v) is 13.0. The summed E-state index contributed by atoms with van der Waals surface area (Å²) in [5, 5.41) is 0.